The first-order valence-electron chi connectivity index (χ1n) is 10.2. The SMILES string of the molecule is O=C(Cc1cccc2ccccc12)N1CCC2(CCc3ccccc3O2)CC1. The molecule has 0 aliphatic carbocycles. The summed E-state index contributed by atoms with van der Waals surface area (Å²) in [5, 5.41) is 2.37. The lowest BCUT2D eigenvalue weighted by molar-refractivity contribution is -0.134. The van der Waals surface area contributed by atoms with Crippen molar-refractivity contribution < 1.29 is 9.53 Å². The molecule has 5 rings (SSSR count). The van der Waals surface area contributed by atoms with Crippen LogP contribution in [0.1, 0.15) is 30.4 Å². The summed E-state index contributed by atoms with van der Waals surface area (Å²) in [7, 11) is 0. The first kappa shape index (κ1) is 17.3. The molecule has 1 saturated heterocycles. The molecule has 3 aromatic carbocycles. The predicted molar refractivity (Wildman–Crippen MR) is 112 cm³/mol. The topological polar surface area (TPSA) is 29.5 Å². The van der Waals surface area contributed by atoms with Crippen LogP contribution in [0.5, 0.6) is 5.75 Å². The van der Waals surface area contributed by atoms with Gasteiger partial charge in [0.1, 0.15) is 11.4 Å². The molecule has 0 aromatic heterocycles. The Labute approximate surface area is 165 Å². The van der Waals surface area contributed by atoms with Crippen LogP contribution in [0.25, 0.3) is 10.8 Å². The summed E-state index contributed by atoms with van der Waals surface area (Å²) >= 11 is 0. The molecule has 0 atom stereocenters. The Morgan fingerprint density at radius 3 is 2.54 bits per heavy atom. The van der Waals surface area contributed by atoms with Crippen LogP contribution in [0.4, 0.5) is 0 Å². The lowest BCUT2D eigenvalue weighted by atomic mass is 9.83. The molecule has 3 nitrogen and oxygen atoms in total. The molecule has 2 aliphatic rings. The predicted octanol–water partition coefficient (Wildman–Crippen LogP) is 4.77. The fraction of sp³-hybridized carbons (Fsp3) is 0.320. The summed E-state index contributed by atoms with van der Waals surface area (Å²) in [6.07, 6.45) is 4.43. The van der Waals surface area contributed by atoms with Crippen molar-refractivity contribution in [2.45, 2.75) is 37.7 Å². The number of aryl methyl sites for hydroxylation is 1. The summed E-state index contributed by atoms with van der Waals surface area (Å²) in [5.41, 5.74) is 2.33. The number of rotatable bonds is 2. The van der Waals surface area contributed by atoms with E-state index in [0.717, 1.165) is 50.1 Å². The molecule has 1 amide bonds. The van der Waals surface area contributed by atoms with E-state index in [1.165, 1.54) is 16.3 Å². The molecule has 3 aromatic rings. The summed E-state index contributed by atoms with van der Waals surface area (Å²) in [4.78, 5) is 15.0. The second-order valence-corrected chi connectivity index (χ2v) is 8.09. The lowest BCUT2D eigenvalue weighted by Crippen LogP contribution is -2.51. The smallest absolute Gasteiger partial charge is 0.227 e. The molecular weight excluding hydrogens is 346 g/mol. The maximum Gasteiger partial charge on any atom is 0.227 e. The largest absolute Gasteiger partial charge is 0.487 e. The monoisotopic (exact) mass is 371 g/mol. The Morgan fingerprint density at radius 2 is 1.64 bits per heavy atom. The lowest BCUT2D eigenvalue weighted by Gasteiger charge is -2.44. The van der Waals surface area contributed by atoms with Gasteiger partial charge in [-0.3, -0.25) is 4.79 Å². The van der Waals surface area contributed by atoms with Gasteiger partial charge < -0.3 is 9.64 Å². The van der Waals surface area contributed by atoms with E-state index in [9.17, 15) is 4.79 Å². The van der Waals surface area contributed by atoms with Gasteiger partial charge in [-0.15, -0.1) is 0 Å². The van der Waals surface area contributed by atoms with Crippen LogP contribution in [0.3, 0.4) is 0 Å². The summed E-state index contributed by atoms with van der Waals surface area (Å²) in [6.45, 7) is 1.57. The van der Waals surface area contributed by atoms with Crippen molar-refractivity contribution in [3.63, 3.8) is 0 Å². The number of amides is 1. The molecule has 1 spiro atoms. The second-order valence-electron chi connectivity index (χ2n) is 8.09. The third-order valence-corrected chi connectivity index (χ3v) is 6.40. The Kier molecular flexibility index (Phi) is 4.31. The summed E-state index contributed by atoms with van der Waals surface area (Å²) in [6, 6.07) is 22.9. The van der Waals surface area contributed by atoms with Gasteiger partial charge in [-0.25, -0.2) is 0 Å². The van der Waals surface area contributed by atoms with Gasteiger partial charge in [0, 0.05) is 25.9 Å². The second kappa shape index (κ2) is 6.97. The highest BCUT2D eigenvalue weighted by molar-refractivity contribution is 5.90. The number of nitrogens with zero attached hydrogens (tertiary/aromatic N) is 1. The van der Waals surface area contributed by atoms with E-state index >= 15 is 0 Å². The first-order valence-corrected chi connectivity index (χ1v) is 10.2. The standard InChI is InChI=1S/C25H25NO2/c27-24(18-21-9-5-8-19-6-1-3-10-22(19)21)26-16-14-25(15-17-26)13-12-20-7-2-4-11-23(20)28-25/h1-11H,12-18H2. The number of likely N-dealkylation sites (tertiary alicyclic amines) is 1. The number of piperidine rings is 1. The average Bonchev–Trinajstić information content (AvgIpc) is 2.74. The van der Waals surface area contributed by atoms with Crippen LogP contribution >= 0.6 is 0 Å². The Morgan fingerprint density at radius 1 is 0.893 bits per heavy atom. The molecule has 142 valence electrons. The molecule has 0 bridgehead atoms. The van der Waals surface area contributed by atoms with Gasteiger partial charge in [0.05, 0.1) is 6.42 Å². The minimum absolute atomic E-state index is 0.0927. The zero-order valence-corrected chi connectivity index (χ0v) is 16.1. The average molecular weight is 371 g/mol. The number of para-hydroxylation sites is 1. The van der Waals surface area contributed by atoms with E-state index in [0.29, 0.717) is 6.42 Å². The molecule has 2 heterocycles. The number of hydrogen-bond donors (Lipinski definition) is 0. The zero-order chi connectivity index (χ0) is 19.0. The van der Waals surface area contributed by atoms with Crippen molar-refractivity contribution in [2.24, 2.45) is 0 Å². The number of ether oxygens (including phenoxy) is 1. The molecular formula is C25H25NO2. The Balaban J connectivity index is 1.26. The molecule has 1 fully saturated rings. The molecule has 0 unspecified atom stereocenters. The number of benzene rings is 3. The van der Waals surface area contributed by atoms with Gasteiger partial charge in [0.2, 0.25) is 5.91 Å². The van der Waals surface area contributed by atoms with Crippen molar-refractivity contribution in [1.29, 1.82) is 0 Å². The maximum absolute atomic E-state index is 13.0. The molecule has 2 aliphatic heterocycles. The van der Waals surface area contributed by atoms with Gasteiger partial charge in [-0.1, -0.05) is 60.7 Å². The van der Waals surface area contributed by atoms with E-state index < -0.39 is 0 Å². The third kappa shape index (κ3) is 3.15. The number of hydrogen-bond acceptors (Lipinski definition) is 2. The molecule has 0 saturated carbocycles. The normalized spacial score (nSPS) is 17.9. The van der Waals surface area contributed by atoms with Crippen LogP contribution < -0.4 is 4.74 Å². The van der Waals surface area contributed by atoms with Crippen LogP contribution in [0.15, 0.2) is 66.7 Å². The highest BCUT2D eigenvalue weighted by Crippen LogP contribution is 2.39. The molecule has 3 heteroatoms. The molecule has 0 N–H and O–H groups in total. The highest BCUT2D eigenvalue weighted by atomic mass is 16.5. The first-order chi connectivity index (χ1) is 13.7. The van der Waals surface area contributed by atoms with Crippen LogP contribution in [-0.2, 0) is 17.6 Å². The van der Waals surface area contributed by atoms with Gasteiger partial charge >= 0.3 is 0 Å². The number of carbonyl (C=O) groups is 1. The third-order valence-electron chi connectivity index (χ3n) is 6.40. The van der Waals surface area contributed by atoms with E-state index in [1.807, 2.05) is 29.2 Å². The van der Waals surface area contributed by atoms with Crippen LogP contribution in [-0.4, -0.2) is 29.5 Å². The van der Waals surface area contributed by atoms with E-state index in [2.05, 4.69) is 42.5 Å². The summed E-state index contributed by atoms with van der Waals surface area (Å²) in [5.74, 6) is 1.26. The fourth-order valence-corrected chi connectivity index (χ4v) is 4.69. The van der Waals surface area contributed by atoms with Gasteiger partial charge in [-0.05, 0) is 40.8 Å². The van der Waals surface area contributed by atoms with Crippen LogP contribution in [0, 0.1) is 0 Å². The number of carbonyl (C=O) groups excluding carboxylic acids is 1. The van der Waals surface area contributed by atoms with E-state index in [-0.39, 0.29) is 11.5 Å². The van der Waals surface area contributed by atoms with Crippen molar-refractivity contribution >= 4 is 16.7 Å². The highest BCUT2D eigenvalue weighted by Gasteiger charge is 2.40. The number of fused-ring (bicyclic) bond motifs is 2. The summed E-state index contributed by atoms with van der Waals surface area (Å²) < 4.78 is 6.43. The van der Waals surface area contributed by atoms with Gasteiger partial charge in [0.15, 0.2) is 0 Å². The van der Waals surface area contributed by atoms with Crippen molar-refractivity contribution in [2.75, 3.05) is 13.1 Å². The van der Waals surface area contributed by atoms with E-state index in [4.69, 9.17) is 4.74 Å². The minimum Gasteiger partial charge on any atom is -0.487 e. The van der Waals surface area contributed by atoms with Gasteiger partial charge in [0.25, 0.3) is 0 Å². The quantitative estimate of drug-likeness (QED) is 0.649. The zero-order valence-electron chi connectivity index (χ0n) is 16.1. The van der Waals surface area contributed by atoms with Crippen molar-refractivity contribution in [1.82, 2.24) is 4.90 Å². The fourth-order valence-electron chi connectivity index (χ4n) is 4.69. The molecule has 0 radical (unpaired) electrons. The molecule has 28 heavy (non-hydrogen) atoms. The minimum atomic E-state index is -0.0927. The van der Waals surface area contributed by atoms with Gasteiger partial charge in [-0.2, -0.15) is 0 Å². The van der Waals surface area contributed by atoms with Crippen molar-refractivity contribution in [3.05, 3.63) is 77.9 Å². The maximum atomic E-state index is 13.0. The van der Waals surface area contributed by atoms with Crippen molar-refractivity contribution in [3.8, 4) is 5.75 Å². The Bertz CT molecular complexity index is 1010. The Hall–Kier alpha value is -2.81. The van der Waals surface area contributed by atoms with E-state index in [1.54, 1.807) is 0 Å². The van der Waals surface area contributed by atoms with Crippen LogP contribution in [0.2, 0.25) is 0 Å².